The number of Topliss-reactive ketones (excluding diaryl/α,β-unsaturated/α-hetero) is 1. The van der Waals surface area contributed by atoms with Gasteiger partial charge in [-0.05, 0) is 50.5 Å². The number of allylic oxidation sites excluding steroid dienone is 1. The maximum absolute atomic E-state index is 12.3. The van der Waals surface area contributed by atoms with Crippen molar-refractivity contribution in [3.05, 3.63) is 71.5 Å². The lowest BCUT2D eigenvalue weighted by Crippen LogP contribution is -2.09. The average Bonchev–Trinajstić information content (AvgIpc) is 2.57. The zero-order valence-corrected chi connectivity index (χ0v) is 14.2. The highest BCUT2D eigenvalue weighted by Gasteiger charge is 2.16. The van der Waals surface area contributed by atoms with Gasteiger partial charge >= 0.3 is 0 Å². The Morgan fingerprint density at radius 1 is 1.09 bits per heavy atom. The number of nitrogens with one attached hydrogen (secondary N) is 1. The molecule has 2 rings (SSSR count). The minimum absolute atomic E-state index is 0.0248. The third-order valence-corrected chi connectivity index (χ3v) is 2.91. The van der Waals surface area contributed by atoms with Crippen LogP contribution in [0.25, 0.3) is 0 Å². The van der Waals surface area contributed by atoms with Crippen molar-refractivity contribution in [2.45, 2.75) is 0 Å². The number of carbonyl (C=O) groups excluding carboxylic acids is 1. The molecule has 0 saturated carbocycles. The molecule has 0 spiro atoms. The summed E-state index contributed by atoms with van der Waals surface area (Å²) in [5.41, 5.74) is 0.411. The molecule has 0 fully saturated rings. The van der Waals surface area contributed by atoms with Crippen LogP contribution >= 0.6 is 11.6 Å². The van der Waals surface area contributed by atoms with E-state index in [1.54, 1.807) is 48.5 Å². The van der Waals surface area contributed by atoms with Gasteiger partial charge in [0.1, 0.15) is 11.5 Å². The van der Waals surface area contributed by atoms with Gasteiger partial charge < -0.3 is 14.8 Å². The van der Waals surface area contributed by atoms with E-state index >= 15 is 0 Å². The summed E-state index contributed by atoms with van der Waals surface area (Å²) in [6, 6.07) is 13.6. The summed E-state index contributed by atoms with van der Waals surface area (Å²) < 4.78 is 10.6. The Morgan fingerprint density at radius 2 is 1.65 bits per heavy atom. The summed E-state index contributed by atoms with van der Waals surface area (Å²) in [6.45, 7) is 3.66. The summed E-state index contributed by atoms with van der Waals surface area (Å²) in [5.74, 6) is 0.690. The summed E-state index contributed by atoms with van der Waals surface area (Å²) in [6.07, 6.45) is 0. The monoisotopic (exact) mass is 333 g/mol. The highest BCUT2D eigenvalue weighted by Crippen LogP contribution is 2.23. The van der Waals surface area contributed by atoms with E-state index in [0.717, 1.165) is 0 Å². The molecule has 4 nitrogen and oxygen atoms in total. The number of methoxy groups -OCH3 is 1. The second-order valence-electron chi connectivity index (χ2n) is 4.51. The number of para-hydroxylation sites is 1. The lowest BCUT2D eigenvalue weighted by molar-refractivity contribution is 0.0984. The normalized spacial score (nSPS) is 9.39. The summed E-state index contributed by atoms with van der Waals surface area (Å²) in [4.78, 5) is 12.3. The maximum atomic E-state index is 12.3. The number of rotatable bonds is 5. The Balaban J connectivity index is 0.000000816. The highest BCUT2D eigenvalue weighted by atomic mass is 35.5. The first-order chi connectivity index (χ1) is 11.0. The number of hydrogen-bond donors (Lipinski definition) is 1. The minimum atomic E-state index is -0.322. The number of halogens is 1. The molecule has 0 amide bonds. The molecule has 2 aromatic carbocycles. The third-order valence-electron chi connectivity index (χ3n) is 2.66. The Bertz CT molecular complexity index is 654. The van der Waals surface area contributed by atoms with Crippen LogP contribution in [0.3, 0.4) is 0 Å². The van der Waals surface area contributed by atoms with Crippen LogP contribution < -0.4 is 14.8 Å². The smallest absolute Gasteiger partial charge is 0.231 e. The molecule has 5 heteroatoms. The Hall–Kier alpha value is -2.30. The average molecular weight is 334 g/mol. The van der Waals surface area contributed by atoms with Gasteiger partial charge in [-0.15, -0.1) is 0 Å². The molecule has 0 bridgehead atoms. The van der Waals surface area contributed by atoms with Crippen LogP contribution in [0.5, 0.6) is 11.5 Å². The van der Waals surface area contributed by atoms with Gasteiger partial charge in [0.15, 0.2) is 5.76 Å². The van der Waals surface area contributed by atoms with E-state index in [2.05, 4.69) is 11.9 Å². The standard InChI is InChI=1S/C16H13ClO3.C2H7N/c1-11(20-13-9-7-12(17)8-10-13)16(18)14-5-3-4-6-15(14)19-2;1-3-2/h3-10H,1H2,2H3;3H,1-2H3. The van der Waals surface area contributed by atoms with Crippen molar-refractivity contribution in [2.75, 3.05) is 21.2 Å². The predicted molar refractivity (Wildman–Crippen MR) is 93.5 cm³/mol. The number of carbonyl (C=O) groups is 1. The Kier molecular flexibility index (Phi) is 7.88. The van der Waals surface area contributed by atoms with Crippen LogP contribution in [0.15, 0.2) is 60.9 Å². The molecule has 0 aliphatic rings. The molecule has 0 aliphatic heterocycles. The summed E-state index contributed by atoms with van der Waals surface area (Å²) in [7, 11) is 5.26. The van der Waals surface area contributed by atoms with Crippen LogP contribution in [-0.2, 0) is 0 Å². The van der Waals surface area contributed by atoms with Gasteiger partial charge in [-0.25, -0.2) is 0 Å². The van der Waals surface area contributed by atoms with Crippen molar-refractivity contribution in [3.8, 4) is 11.5 Å². The van der Waals surface area contributed by atoms with E-state index in [1.165, 1.54) is 7.11 Å². The van der Waals surface area contributed by atoms with Gasteiger partial charge in [0.05, 0.1) is 12.7 Å². The first-order valence-electron chi connectivity index (χ1n) is 6.92. The van der Waals surface area contributed by atoms with Crippen LogP contribution in [0.1, 0.15) is 10.4 Å². The van der Waals surface area contributed by atoms with E-state index in [9.17, 15) is 4.79 Å². The molecule has 0 saturated heterocycles. The van der Waals surface area contributed by atoms with E-state index in [-0.39, 0.29) is 11.5 Å². The largest absolute Gasteiger partial charge is 0.496 e. The maximum Gasteiger partial charge on any atom is 0.231 e. The Morgan fingerprint density at radius 3 is 2.22 bits per heavy atom. The molecular weight excluding hydrogens is 314 g/mol. The number of ketones is 1. The van der Waals surface area contributed by atoms with Crippen molar-refractivity contribution in [3.63, 3.8) is 0 Å². The van der Waals surface area contributed by atoms with Crippen LogP contribution in [-0.4, -0.2) is 27.0 Å². The van der Waals surface area contributed by atoms with Crippen LogP contribution in [0.4, 0.5) is 0 Å². The van der Waals surface area contributed by atoms with E-state index in [4.69, 9.17) is 21.1 Å². The van der Waals surface area contributed by atoms with Crippen molar-refractivity contribution < 1.29 is 14.3 Å². The topological polar surface area (TPSA) is 47.6 Å². The molecule has 122 valence electrons. The first-order valence-corrected chi connectivity index (χ1v) is 7.29. The summed E-state index contributed by atoms with van der Waals surface area (Å²) >= 11 is 5.78. The highest BCUT2D eigenvalue weighted by molar-refractivity contribution is 6.30. The van der Waals surface area contributed by atoms with E-state index < -0.39 is 0 Å². The number of hydrogen-bond acceptors (Lipinski definition) is 4. The molecule has 0 aliphatic carbocycles. The van der Waals surface area contributed by atoms with Crippen molar-refractivity contribution >= 4 is 17.4 Å². The molecule has 0 heterocycles. The molecule has 0 atom stereocenters. The molecule has 1 N–H and O–H groups in total. The fourth-order valence-corrected chi connectivity index (χ4v) is 1.80. The molecule has 0 aromatic heterocycles. The lowest BCUT2D eigenvalue weighted by atomic mass is 10.1. The van der Waals surface area contributed by atoms with Gasteiger partial charge in [0.25, 0.3) is 0 Å². The van der Waals surface area contributed by atoms with Crippen molar-refractivity contribution in [1.82, 2.24) is 5.32 Å². The van der Waals surface area contributed by atoms with E-state index in [0.29, 0.717) is 22.1 Å². The van der Waals surface area contributed by atoms with Crippen LogP contribution in [0.2, 0.25) is 5.02 Å². The minimum Gasteiger partial charge on any atom is -0.496 e. The van der Waals surface area contributed by atoms with Gasteiger partial charge in [-0.3, -0.25) is 4.79 Å². The molecular formula is C18H20ClNO3. The molecule has 0 radical (unpaired) electrons. The van der Waals surface area contributed by atoms with Gasteiger partial charge in [-0.1, -0.05) is 30.3 Å². The zero-order valence-electron chi connectivity index (χ0n) is 13.4. The molecule has 2 aromatic rings. The number of benzene rings is 2. The van der Waals surface area contributed by atoms with E-state index in [1.807, 2.05) is 14.1 Å². The molecule has 0 unspecified atom stereocenters. The fraction of sp³-hybridized carbons (Fsp3) is 0.167. The van der Waals surface area contributed by atoms with Crippen LogP contribution in [0, 0.1) is 0 Å². The lowest BCUT2D eigenvalue weighted by Gasteiger charge is -2.10. The second kappa shape index (κ2) is 9.66. The SMILES string of the molecule is C=C(Oc1ccc(Cl)cc1)C(=O)c1ccccc1OC.CNC. The van der Waals surface area contributed by atoms with Gasteiger partial charge in [0, 0.05) is 5.02 Å². The second-order valence-corrected chi connectivity index (χ2v) is 4.95. The first kappa shape index (κ1) is 18.7. The number of ether oxygens (including phenoxy) is 2. The summed E-state index contributed by atoms with van der Waals surface area (Å²) in [5, 5.41) is 3.35. The zero-order chi connectivity index (χ0) is 17.2. The van der Waals surface area contributed by atoms with Gasteiger partial charge in [-0.2, -0.15) is 0 Å². The Labute approximate surface area is 141 Å². The van der Waals surface area contributed by atoms with Gasteiger partial charge in [0.2, 0.25) is 5.78 Å². The third kappa shape index (κ3) is 5.77. The predicted octanol–water partition coefficient (Wildman–Crippen LogP) is 3.96. The quantitative estimate of drug-likeness (QED) is 0.511. The molecule has 23 heavy (non-hydrogen) atoms. The fourth-order valence-electron chi connectivity index (χ4n) is 1.67. The van der Waals surface area contributed by atoms with Crippen molar-refractivity contribution in [2.24, 2.45) is 0 Å². The van der Waals surface area contributed by atoms with Crippen molar-refractivity contribution in [1.29, 1.82) is 0 Å².